The molecule has 1 fully saturated rings. The first kappa shape index (κ1) is 18.3. The Balaban J connectivity index is 1.75. The van der Waals surface area contributed by atoms with E-state index in [0.29, 0.717) is 5.69 Å². The molecule has 2 heterocycles. The number of carbonyl (C=O) groups is 1. The molecule has 8 heteroatoms. The number of aryl methyl sites for hydroxylation is 1. The Morgan fingerprint density at radius 3 is 2.38 bits per heavy atom. The van der Waals surface area contributed by atoms with Crippen LogP contribution < -0.4 is 9.62 Å². The number of carboxylic acids is 1. The van der Waals surface area contributed by atoms with E-state index >= 15 is 0 Å². The molecule has 1 aliphatic heterocycles. The number of nitrogens with one attached hydrogen (secondary N) is 1. The monoisotopic (exact) mass is 378 g/mol. The van der Waals surface area contributed by atoms with Crippen molar-refractivity contribution in [3.05, 3.63) is 41.9 Å². The smallest absolute Gasteiger partial charge is 0.371 e. The highest BCUT2D eigenvalue weighted by molar-refractivity contribution is 7.92. The molecule has 1 saturated heterocycles. The van der Waals surface area contributed by atoms with Crippen LogP contribution in [0.5, 0.6) is 0 Å². The predicted molar refractivity (Wildman–Crippen MR) is 98.3 cm³/mol. The van der Waals surface area contributed by atoms with E-state index < -0.39 is 21.8 Å². The maximum Gasteiger partial charge on any atom is 0.371 e. The molecular weight excluding hydrogens is 356 g/mol. The SMILES string of the molecule is Cc1oc(C(=O)O)cc1S(=O)(=O)Nc1ccc(N2CCC(C)CC2)cc1. The summed E-state index contributed by atoms with van der Waals surface area (Å²) in [7, 11) is -3.92. The highest BCUT2D eigenvalue weighted by Crippen LogP contribution is 2.26. The average molecular weight is 378 g/mol. The third kappa shape index (κ3) is 3.85. The number of aromatic carboxylic acids is 1. The highest BCUT2D eigenvalue weighted by atomic mass is 32.2. The first-order valence-electron chi connectivity index (χ1n) is 8.48. The molecule has 1 aliphatic rings. The Bertz CT molecular complexity index is 894. The fourth-order valence-electron chi connectivity index (χ4n) is 3.05. The molecule has 0 unspecified atom stereocenters. The van der Waals surface area contributed by atoms with Crippen LogP contribution in [0.3, 0.4) is 0 Å². The standard InChI is InChI=1S/C18H22N2O5S/c1-12-7-9-20(10-8-12)15-5-3-14(4-6-15)19-26(23,24)17-11-16(18(21)22)25-13(17)2/h3-6,11-12,19H,7-10H2,1-2H3,(H,21,22). The highest BCUT2D eigenvalue weighted by Gasteiger charge is 2.24. The summed E-state index contributed by atoms with van der Waals surface area (Å²) >= 11 is 0. The van der Waals surface area contributed by atoms with Crippen LogP contribution in [-0.4, -0.2) is 32.6 Å². The van der Waals surface area contributed by atoms with E-state index in [4.69, 9.17) is 9.52 Å². The Kier molecular flexibility index (Phi) is 4.95. The lowest BCUT2D eigenvalue weighted by molar-refractivity contribution is 0.0661. The topological polar surface area (TPSA) is 99.8 Å². The fourth-order valence-corrected chi connectivity index (χ4v) is 4.29. The maximum atomic E-state index is 12.5. The molecule has 2 N–H and O–H groups in total. The average Bonchev–Trinajstić information content (AvgIpc) is 2.99. The molecule has 3 rings (SSSR count). The van der Waals surface area contributed by atoms with Crippen molar-refractivity contribution >= 4 is 27.4 Å². The molecule has 0 spiro atoms. The molecule has 1 aromatic heterocycles. The van der Waals surface area contributed by atoms with Crippen molar-refractivity contribution < 1.29 is 22.7 Å². The van der Waals surface area contributed by atoms with Gasteiger partial charge in [-0.25, -0.2) is 13.2 Å². The lowest BCUT2D eigenvalue weighted by atomic mass is 9.99. The van der Waals surface area contributed by atoms with E-state index in [1.54, 1.807) is 12.1 Å². The van der Waals surface area contributed by atoms with Gasteiger partial charge in [0.1, 0.15) is 10.7 Å². The van der Waals surface area contributed by atoms with E-state index in [9.17, 15) is 13.2 Å². The summed E-state index contributed by atoms with van der Waals surface area (Å²) < 4.78 is 32.5. The van der Waals surface area contributed by atoms with Crippen molar-refractivity contribution in [1.29, 1.82) is 0 Å². The molecule has 26 heavy (non-hydrogen) atoms. The number of carboxylic acid groups (broad SMARTS) is 1. The molecule has 0 atom stereocenters. The second-order valence-electron chi connectivity index (χ2n) is 6.66. The molecule has 0 saturated carbocycles. The van der Waals surface area contributed by atoms with Crippen molar-refractivity contribution in [2.24, 2.45) is 5.92 Å². The normalized spacial score (nSPS) is 15.8. The molecule has 0 amide bonds. The van der Waals surface area contributed by atoms with Crippen LogP contribution in [0.1, 0.15) is 36.1 Å². The first-order chi connectivity index (χ1) is 12.3. The number of piperidine rings is 1. The molecular formula is C18H22N2O5S. The minimum atomic E-state index is -3.92. The van der Waals surface area contributed by atoms with E-state index in [2.05, 4.69) is 16.5 Å². The van der Waals surface area contributed by atoms with Gasteiger partial charge in [-0.15, -0.1) is 0 Å². The summed E-state index contributed by atoms with van der Waals surface area (Å²) in [5.74, 6) is -0.938. The van der Waals surface area contributed by atoms with Gasteiger partial charge >= 0.3 is 5.97 Å². The van der Waals surface area contributed by atoms with Crippen molar-refractivity contribution in [2.45, 2.75) is 31.6 Å². The van der Waals surface area contributed by atoms with E-state index in [1.165, 1.54) is 6.92 Å². The zero-order valence-electron chi connectivity index (χ0n) is 14.7. The van der Waals surface area contributed by atoms with Gasteiger partial charge in [-0.3, -0.25) is 4.72 Å². The lowest BCUT2D eigenvalue weighted by Crippen LogP contribution is -2.32. The zero-order valence-corrected chi connectivity index (χ0v) is 15.5. The Morgan fingerprint density at radius 2 is 1.85 bits per heavy atom. The van der Waals surface area contributed by atoms with Crippen molar-refractivity contribution in [3.8, 4) is 0 Å². The summed E-state index contributed by atoms with van der Waals surface area (Å²) in [4.78, 5) is 13.1. The number of hydrogen-bond acceptors (Lipinski definition) is 5. The molecule has 0 aliphatic carbocycles. The van der Waals surface area contributed by atoms with Gasteiger partial charge in [0.2, 0.25) is 5.76 Å². The minimum Gasteiger partial charge on any atom is -0.475 e. The third-order valence-electron chi connectivity index (χ3n) is 4.64. The van der Waals surface area contributed by atoms with Crippen LogP contribution in [0.4, 0.5) is 11.4 Å². The van der Waals surface area contributed by atoms with Gasteiger partial charge in [-0.05, 0) is 49.9 Å². The second-order valence-corrected chi connectivity index (χ2v) is 8.31. The lowest BCUT2D eigenvalue weighted by Gasteiger charge is -2.32. The third-order valence-corrected chi connectivity index (χ3v) is 6.13. The van der Waals surface area contributed by atoms with E-state index in [1.807, 2.05) is 12.1 Å². The molecule has 0 bridgehead atoms. The quantitative estimate of drug-likeness (QED) is 0.828. The molecule has 7 nitrogen and oxygen atoms in total. The van der Waals surface area contributed by atoms with Crippen LogP contribution in [0.25, 0.3) is 0 Å². The number of anilines is 2. The Morgan fingerprint density at radius 1 is 1.23 bits per heavy atom. The van der Waals surface area contributed by atoms with E-state index in [-0.39, 0.29) is 10.7 Å². The van der Waals surface area contributed by atoms with Crippen molar-refractivity contribution in [3.63, 3.8) is 0 Å². The molecule has 140 valence electrons. The number of furan rings is 1. The van der Waals surface area contributed by atoms with Crippen LogP contribution in [-0.2, 0) is 10.0 Å². The summed E-state index contributed by atoms with van der Waals surface area (Å²) in [5, 5.41) is 8.94. The minimum absolute atomic E-state index is 0.0361. The van der Waals surface area contributed by atoms with Crippen LogP contribution in [0.15, 0.2) is 39.6 Å². The van der Waals surface area contributed by atoms with Crippen LogP contribution in [0.2, 0.25) is 0 Å². The van der Waals surface area contributed by atoms with Crippen molar-refractivity contribution in [1.82, 2.24) is 0 Å². The summed E-state index contributed by atoms with van der Waals surface area (Å²) in [6.45, 7) is 5.67. The van der Waals surface area contributed by atoms with Gasteiger partial charge in [0, 0.05) is 30.5 Å². The maximum absolute atomic E-state index is 12.5. The summed E-state index contributed by atoms with van der Waals surface area (Å²) in [6.07, 6.45) is 2.31. The summed E-state index contributed by atoms with van der Waals surface area (Å²) in [5.41, 5.74) is 1.48. The largest absolute Gasteiger partial charge is 0.475 e. The first-order valence-corrected chi connectivity index (χ1v) is 9.96. The second kappa shape index (κ2) is 7.03. The fraction of sp³-hybridized carbons (Fsp3) is 0.389. The van der Waals surface area contributed by atoms with E-state index in [0.717, 1.165) is 43.6 Å². The Labute approximate surface area is 152 Å². The van der Waals surface area contributed by atoms with Gasteiger partial charge in [0.05, 0.1) is 0 Å². The number of hydrogen-bond donors (Lipinski definition) is 2. The van der Waals surface area contributed by atoms with Gasteiger partial charge in [-0.1, -0.05) is 6.92 Å². The van der Waals surface area contributed by atoms with Crippen LogP contribution >= 0.6 is 0 Å². The molecule has 1 aromatic carbocycles. The number of nitrogens with zero attached hydrogens (tertiary/aromatic N) is 1. The summed E-state index contributed by atoms with van der Waals surface area (Å²) in [6, 6.07) is 8.21. The molecule has 2 aromatic rings. The van der Waals surface area contributed by atoms with Crippen molar-refractivity contribution in [2.75, 3.05) is 22.7 Å². The van der Waals surface area contributed by atoms with Gasteiger partial charge < -0.3 is 14.4 Å². The van der Waals surface area contributed by atoms with Gasteiger partial charge in [0.25, 0.3) is 10.0 Å². The number of sulfonamides is 1. The number of rotatable bonds is 5. The molecule has 0 radical (unpaired) electrons. The van der Waals surface area contributed by atoms with Gasteiger partial charge in [0.15, 0.2) is 0 Å². The Hall–Kier alpha value is -2.48. The van der Waals surface area contributed by atoms with Gasteiger partial charge in [-0.2, -0.15) is 0 Å². The predicted octanol–water partition coefficient (Wildman–Crippen LogP) is 3.32. The number of benzene rings is 1. The zero-order chi connectivity index (χ0) is 18.9. The van der Waals surface area contributed by atoms with Crippen LogP contribution in [0, 0.1) is 12.8 Å².